The number of rotatable bonds is 6. The van der Waals surface area contributed by atoms with Gasteiger partial charge < -0.3 is 19.5 Å². The molecule has 4 rings (SSSR count). The lowest BCUT2D eigenvalue weighted by atomic mass is 10.1. The highest BCUT2D eigenvalue weighted by molar-refractivity contribution is 7.09. The molecule has 1 N–H and O–H groups in total. The van der Waals surface area contributed by atoms with E-state index in [1.165, 1.54) is 0 Å². The number of aromatic nitrogens is 1. The molecule has 138 valence electrons. The van der Waals surface area contributed by atoms with Crippen LogP contribution in [-0.2, 0) is 13.2 Å². The fourth-order valence-corrected chi connectivity index (χ4v) is 3.33. The minimum atomic E-state index is -0.144. The number of hydrogen-bond acceptors (Lipinski definition) is 6. The monoisotopic (exact) mass is 382 g/mol. The molecule has 0 atom stereocenters. The van der Waals surface area contributed by atoms with Crippen LogP contribution in [0, 0.1) is 6.92 Å². The number of ether oxygens (including phenoxy) is 3. The highest BCUT2D eigenvalue weighted by Gasteiger charge is 2.13. The van der Waals surface area contributed by atoms with Gasteiger partial charge >= 0.3 is 0 Å². The Labute approximate surface area is 160 Å². The smallest absolute Gasteiger partial charge is 0.251 e. The van der Waals surface area contributed by atoms with E-state index < -0.39 is 0 Å². The van der Waals surface area contributed by atoms with E-state index in [4.69, 9.17) is 14.2 Å². The number of carbonyl (C=O) groups excluding carboxylic acids is 1. The van der Waals surface area contributed by atoms with Gasteiger partial charge in [-0.3, -0.25) is 4.79 Å². The number of carbonyl (C=O) groups is 1. The third kappa shape index (κ3) is 4.20. The van der Waals surface area contributed by atoms with E-state index in [0.29, 0.717) is 30.2 Å². The topological polar surface area (TPSA) is 69.7 Å². The molecule has 1 aromatic heterocycles. The van der Waals surface area contributed by atoms with Crippen molar-refractivity contribution in [1.82, 2.24) is 10.3 Å². The molecule has 1 amide bonds. The van der Waals surface area contributed by atoms with Crippen LogP contribution in [0.1, 0.15) is 26.6 Å². The minimum Gasteiger partial charge on any atom is -0.486 e. The van der Waals surface area contributed by atoms with Gasteiger partial charge in [0.25, 0.3) is 5.91 Å². The summed E-state index contributed by atoms with van der Waals surface area (Å²) in [4.78, 5) is 16.7. The molecular formula is C20H18N2O4S. The van der Waals surface area contributed by atoms with Gasteiger partial charge in [-0.1, -0.05) is 6.07 Å². The molecule has 0 bridgehead atoms. The summed E-state index contributed by atoms with van der Waals surface area (Å²) in [5.74, 6) is 2.00. The molecule has 0 saturated heterocycles. The first-order valence-corrected chi connectivity index (χ1v) is 9.36. The number of amides is 1. The van der Waals surface area contributed by atoms with Gasteiger partial charge in [0.1, 0.15) is 17.4 Å². The maximum Gasteiger partial charge on any atom is 0.251 e. The Morgan fingerprint density at radius 2 is 2.00 bits per heavy atom. The molecule has 0 saturated carbocycles. The van der Waals surface area contributed by atoms with Crippen LogP contribution in [0.15, 0.2) is 47.8 Å². The summed E-state index contributed by atoms with van der Waals surface area (Å²) in [5.41, 5.74) is 2.52. The molecule has 0 unspecified atom stereocenters. The van der Waals surface area contributed by atoms with Gasteiger partial charge in [-0.15, -0.1) is 11.3 Å². The van der Waals surface area contributed by atoms with Gasteiger partial charge in [-0.05, 0) is 48.9 Å². The third-order valence-corrected chi connectivity index (χ3v) is 4.98. The van der Waals surface area contributed by atoms with Crippen LogP contribution in [-0.4, -0.2) is 17.7 Å². The first-order valence-electron chi connectivity index (χ1n) is 8.48. The average Bonchev–Trinajstić information content (AvgIpc) is 3.33. The zero-order valence-corrected chi connectivity index (χ0v) is 15.5. The second-order valence-electron chi connectivity index (χ2n) is 6.07. The van der Waals surface area contributed by atoms with E-state index in [0.717, 1.165) is 22.0 Å². The highest BCUT2D eigenvalue weighted by atomic mass is 32.1. The number of thiazole rings is 1. The Hall–Kier alpha value is -3.06. The van der Waals surface area contributed by atoms with E-state index in [1.54, 1.807) is 35.6 Å². The molecule has 6 nitrogen and oxygen atoms in total. The van der Waals surface area contributed by atoms with Crippen LogP contribution < -0.4 is 19.5 Å². The van der Waals surface area contributed by atoms with Crippen molar-refractivity contribution in [1.29, 1.82) is 0 Å². The second kappa shape index (κ2) is 7.67. The van der Waals surface area contributed by atoms with Crippen LogP contribution in [0.3, 0.4) is 0 Å². The lowest BCUT2D eigenvalue weighted by Crippen LogP contribution is -2.22. The van der Waals surface area contributed by atoms with Gasteiger partial charge in [0, 0.05) is 23.2 Å². The normalized spacial score (nSPS) is 12.0. The molecule has 0 aliphatic carbocycles. The van der Waals surface area contributed by atoms with Crippen molar-refractivity contribution in [3.05, 3.63) is 69.7 Å². The van der Waals surface area contributed by atoms with Crippen molar-refractivity contribution < 1.29 is 19.0 Å². The Morgan fingerprint density at radius 3 is 2.78 bits per heavy atom. The Morgan fingerprint density at radius 1 is 1.19 bits per heavy atom. The number of fused-ring (bicyclic) bond motifs is 1. The maximum absolute atomic E-state index is 12.3. The Kier molecular flexibility index (Phi) is 4.93. The molecule has 2 aromatic carbocycles. The van der Waals surface area contributed by atoms with Gasteiger partial charge in [0.05, 0.1) is 0 Å². The summed E-state index contributed by atoms with van der Waals surface area (Å²) < 4.78 is 16.3. The van der Waals surface area contributed by atoms with Crippen molar-refractivity contribution in [3.63, 3.8) is 0 Å². The summed E-state index contributed by atoms with van der Waals surface area (Å²) in [5, 5.41) is 5.82. The second-order valence-corrected chi connectivity index (χ2v) is 7.01. The van der Waals surface area contributed by atoms with Crippen molar-refractivity contribution >= 4 is 17.2 Å². The van der Waals surface area contributed by atoms with Crippen LogP contribution in [0.4, 0.5) is 0 Å². The van der Waals surface area contributed by atoms with Crippen molar-refractivity contribution in [2.24, 2.45) is 0 Å². The minimum absolute atomic E-state index is 0.144. The molecule has 0 fully saturated rings. The summed E-state index contributed by atoms with van der Waals surface area (Å²) in [6.07, 6.45) is 0. The first kappa shape index (κ1) is 17.4. The first-order chi connectivity index (χ1) is 13.2. The van der Waals surface area contributed by atoms with Crippen LogP contribution in [0.2, 0.25) is 0 Å². The highest BCUT2D eigenvalue weighted by Crippen LogP contribution is 2.32. The number of benzene rings is 2. The fourth-order valence-electron chi connectivity index (χ4n) is 2.65. The van der Waals surface area contributed by atoms with Gasteiger partial charge in [-0.2, -0.15) is 0 Å². The van der Waals surface area contributed by atoms with Gasteiger partial charge in [0.2, 0.25) is 6.79 Å². The van der Waals surface area contributed by atoms with E-state index >= 15 is 0 Å². The molecule has 2 heterocycles. The predicted molar refractivity (Wildman–Crippen MR) is 101 cm³/mol. The standard InChI is InChI=1S/C20H18N2O4S/c1-13-11-27-19(22-13)10-24-16-5-3-15(4-6-16)20(23)21-9-14-2-7-17-18(8-14)26-12-25-17/h2-8,11H,9-10,12H2,1H3,(H,21,23). The quantitative estimate of drug-likeness (QED) is 0.704. The van der Waals surface area contributed by atoms with Crippen molar-refractivity contribution in [2.45, 2.75) is 20.1 Å². The molecule has 1 aliphatic rings. The van der Waals surface area contributed by atoms with Crippen LogP contribution >= 0.6 is 11.3 Å². The number of nitrogens with one attached hydrogen (secondary N) is 1. The van der Waals surface area contributed by atoms with Crippen molar-refractivity contribution in [3.8, 4) is 17.2 Å². The zero-order chi connectivity index (χ0) is 18.6. The maximum atomic E-state index is 12.3. The summed E-state index contributed by atoms with van der Waals surface area (Å²) >= 11 is 1.57. The van der Waals surface area contributed by atoms with E-state index in [2.05, 4.69) is 10.3 Å². The lowest BCUT2D eigenvalue weighted by Gasteiger charge is -2.08. The third-order valence-electron chi connectivity index (χ3n) is 4.04. The molecule has 7 heteroatoms. The van der Waals surface area contributed by atoms with Crippen LogP contribution in [0.5, 0.6) is 17.2 Å². The molecule has 1 aliphatic heterocycles. The largest absolute Gasteiger partial charge is 0.486 e. The number of nitrogens with zero attached hydrogens (tertiary/aromatic N) is 1. The van der Waals surface area contributed by atoms with Crippen LogP contribution in [0.25, 0.3) is 0 Å². The summed E-state index contributed by atoms with van der Waals surface area (Å²) in [6, 6.07) is 12.7. The fraction of sp³-hybridized carbons (Fsp3) is 0.200. The zero-order valence-electron chi connectivity index (χ0n) is 14.7. The summed E-state index contributed by atoms with van der Waals surface area (Å²) in [6.45, 7) is 3.03. The number of hydrogen-bond donors (Lipinski definition) is 1. The molecule has 27 heavy (non-hydrogen) atoms. The lowest BCUT2D eigenvalue weighted by molar-refractivity contribution is 0.0950. The molecule has 0 spiro atoms. The average molecular weight is 382 g/mol. The predicted octanol–water partition coefficient (Wildman–Crippen LogP) is 3.69. The van der Waals surface area contributed by atoms with Crippen molar-refractivity contribution in [2.75, 3.05) is 6.79 Å². The molecule has 0 radical (unpaired) electrons. The molecule has 3 aromatic rings. The van der Waals surface area contributed by atoms with E-state index in [1.807, 2.05) is 30.5 Å². The SMILES string of the molecule is Cc1csc(COc2ccc(C(=O)NCc3ccc4c(c3)OCO4)cc2)n1. The van der Waals surface area contributed by atoms with Gasteiger partial charge in [0.15, 0.2) is 11.5 Å². The number of aryl methyl sites for hydroxylation is 1. The summed E-state index contributed by atoms with van der Waals surface area (Å²) in [7, 11) is 0. The Balaban J connectivity index is 1.31. The molecular weight excluding hydrogens is 364 g/mol. The Bertz CT molecular complexity index is 953. The van der Waals surface area contributed by atoms with E-state index in [9.17, 15) is 4.79 Å². The van der Waals surface area contributed by atoms with Gasteiger partial charge in [-0.25, -0.2) is 4.98 Å². The van der Waals surface area contributed by atoms with E-state index in [-0.39, 0.29) is 12.7 Å².